The lowest BCUT2D eigenvalue weighted by molar-refractivity contribution is 0.138. The van der Waals surface area contributed by atoms with E-state index in [0.29, 0.717) is 26.2 Å². The highest BCUT2D eigenvalue weighted by Gasteiger charge is 2.28. The Hall–Kier alpha value is -1.28. The smallest absolute Gasteiger partial charge is 0.321 e. The first-order valence-corrected chi connectivity index (χ1v) is 5.40. The maximum absolute atomic E-state index is 12.0. The van der Waals surface area contributed by atoms with Gasteiger partial charge in [0.2, 0.25) is 0 Å². The zero-order valence-corrected chi connectivity index (χ0v) is 9.36. The van der Waals surface area contributed by atoms with Gasteiger partial charge in [-0.05, 0) is 13.8 Å². The summed E-state index contributed by atoms with van der Waals surface area (Å²) in [5, 5.41) is 12.0. The molecule has 84 valence electrons. The van der Waals surface area contributed by atoms with Crippen LogP contribution in [-0.4, -0.2) is 54.6 Å². The van der Waals surface area contributed by atoms with Crippen molar-refractivity contribution in [1.29, 1.82) is 5.26 Å². The molecule has 1 aliphatic heterocycles. The number of nitrogens with zero attached hydrogens (tertiary/aromatic N) is 3. The molecule has 5 heteroatoms. The van der Waals surface area contributed by atoms with Crippen molar-refractivity contribution in [1.82, 2.24) is 15.1 Å². The fourth-order valence-electron chi connectivity index (χ4n) is 1.72. The van der Waals surface area contributed by atoms with Crippen LogP contribution in [0.2, 0.25) is 0 Å². The highest BCUT2D eigenvalue weighted by molar-refractivity contribution is 5.75. The van der Waals surface area contributed by atoms with E-state index in [9.17, 15) is 4.79 Å². The summed E-state index contributed by atoms with van der Waals surface area (Å²) in [6.07, 6.45) is 0. The Balaban J connectivity index is 2.67. The topological polar surface area (TPSA) is 59.4 Å². The first-order chi connectivity index (χ1) is 7.24. The van der Waals surface area contributed by atoms with Crippen molar-refractivity contribution < 1.29 is 4.79 Å². The van der Waals surface area contributed by atoms with Crippen LogP contribution in [0, 0.1) is 11.3 Å². The number of hydrogen-bond donors (Lipinski definition) is 1. The van der Waals surface area contributed by atoms with Gasteiger partial charge in [-0.25, -0.2) is 4.79 Å². The Kier molecular flexibility index (Phi) is 4.37. The van der Waals surface area contributed by atoms with Crippen molar-refractivity contribution in [2.45, 2.75) is 19.9 Å². The number of amides is 2. The van der Waals surface area contributed by atoms with Crippen molar-refractivity contribution in [2.24, 2.45) is 0 Å². The highest BCUT2D eigenvalue weighted by Crippen LogP contribution is 2.06. The van der Waals surface area contributed by atoms with Crippen molar-refractivity contribution in [2.75, 3.05) is 32.7 Å². The third-order valence-corrected chi connectivity index (χ3v) is 2.67. The summed E-state index contributed by atoms with van der Waals surface area (Å²) in [4.78, 5) is 15.4. The lowest BCUT2D eigenvalue weighted by Crippen LogP contribution is -2.56. The minimum Gasteiger partial charge on any atom is -0.325 e. The molecular formula is C10H18N4O. The normalized spacial score (nSPS) is 20.9. The lowest BCUT2D eigenvalue weighted by atomic mass is 10.2. The van der Waals surface area contributed by atoms with Gasteiger partial charge in [0.25, 0.3) is 0 Å². The number of rotatable bonds is 2. The Morgan fingerprint density at radius 2 is 2.27 bits per heavy atom. The summed E-state index contributed by atoms with van der Waals surface area (Å²) in [6.45, 7) is 7.24. The number of carbonyl (C=O) groups is 1. The molecule has 1 heterocycles. The second-order valence-electron chi connectivity index (χ2n) is 3.50. The first-order valence-electron chi connectivity index (χ1n) is 5.40. The number of nitriles is 1. The fourth-order valence-corrected chi connectivity index (χ4v) is 1.72. The van der Waals surface area contributed by atoms with E-state index in [0.717, 1.165) is 6.54 Å². The van der Waals surface area contributed by atoms with E-state index in [1.807, 2.05) is 13.8 Å². The second-order valence-corrected chi connectivity index (χ2v) is 3.50. The van der Waals surface area contributed by atoms with Crippen LogP contribution in [0.15, 0.2) is 0 Å². The molecule has 0 spiro atoms. The van der Waals surface area contributed by atoms with Crippen LogP contribution < -0.4 is 5.32 Å². The van der Waals surface area contributed by atoms with E-state index in [4.69, 9.17) is 5.26 Å². The number of nitrogens with one attached hydrogen (secondary N) is 1. The summed E-state index contributed by atoms with van der Waals surface area (Å²) in [5.41, 5.74) is 0. The molecule has 0 aliphatic carbocycles. The highest BCUT2D eigenvalue weighted by atomic mass is 16.2. The van der Waals surface area contributed by atoms with Gasteiger partial charge in [0.1, 0.15) is 6.04 Å². The van der Waals surface area contributed by atoms with Crippen LogP contribution in [0.5, 0.6) is 0 Å². The molecule has 1 N–H and O–H groups in total. The van der Waals surface area contributed by atoms with E-state index < -0.39 is 0 Å². The average Bonchev–Trinajstić information content (AvgIpc) is 2.30. The van der Waals surface area contributed by atoms with Gasteiger partial charge in [-0.1, -0.05) is 0 Å². The van der Waals surface area contributed by atoms with E-state index in [-0.39, 0.29) is 12.1 Å². The molecule has 1 aliphatic rings. The maximum Gasteiger partial charge on any atom is 0.321 e. The molecule has 1 atom stereocenters. The van der Waals surface area contributed by atoms with Gasteiger partial charge >= 0.3 is 6.03 Å². The van der Waals surface area contributed by atoms with Crippen LogP contribution in [0.3, 0.4) is 0 Å². The predicted octanol–water partition coefficient (Wildman–Crippen LogP) is 0.246. The third-order valence-electron chi connectivity index (χ3n) is 2.67. The second kappa shape index (κ2) is 5.56. The molecular weight excluding hydrogens is 192 g/mol. The van der Waals surface area contributed by atoms with Crippen LogP contribution in [0.25, 0.3) is 0 Å². The third kappa shape index (κ3) is 2.60. The molecule has 15 heavy (non-hydrogen) atoms. The maximum atomic E-state index is 12.0. The van der Waals surface area contributed by atoms with Gasteiger partial charge in [0.05, 0.1) is 6.07 Å². The van der Waals surface area contributed by atoms with Gasteiger partial charge in [0.15, 0.2) is 0 Å². The molecule has 1 fully saturated rings. The summed E-state index contributed by atoms with van der Waals surface area (Å²) >= 11 is 0. The fraction of sp³-hybridized carbons (Fsp3) is 0.800. The quantitative estimate of drug-likeness (QED) is 0.710. The molecule has 0 aromatic rings. The molecule has 1 unspecified atom stereocenters. The SMILES string of the molecule is CCN(CC)C(=O)N1CCNCC1C#N. The van der Waals surface area contributed by atoms with Crippen LogP contribution in [0.1, 0.15) is 13.8 Å². The summed E-state index contributed by atoms with van der Waals surface area (Å²) < 4.78 is 0. The molecule has 0 saturated carbocycles. The average molecular weight is 210 g/mol. The minimum absolute atomic E-state index is 0.0203. The van der Waals surface area contributed by atoms with Crippen LogP contribution in [-0.2, 0) is 0 Å². The zero-order valence-electron chi connectivity index (χ0n) is 9.36. The number of piperazine rings is 1. The van der Waals surface area contributed by atoms with Crippen molar-refractivity contribution in [3.8, 4) is 6.07 Å². The first kappa shape index (κ1) is 11.8. The number of carbonyl (C=O) groups excluding carboxylic acids is 1. The monoisotopic (exact) mass is 210 g/mol. The molecule has 0 radical (unpaired) electrons. The minimum atomic E-state index is -0.327. The Labute approximate surface area is 90.6 Å². The van der Waals surface area contributed by atoms with Crippen LogP contribution >= 0.6 is 0 Å². The van der Waals surface area contributed by atoms with Crippen LogP contribution in [0.4, 0.5) is 4.79 Å². The van der Waals surface area contributed by atoms with E-state index in [1.54, 1.807) is 9.80 Å². The molecule has 1 saturated heterocycles. The van der Waals surface area contributed by atoms with Gasteiger partial charge < -0.3 is 15.1 Å². The molecule has 0 aromatic heterocycles. The Morgan fingerprint density at radius 3 is 2.80 bits per heavy atom. The number of hydrogen-bond acceptors (Lipinski definition) is 3. The van der Waals surface area contributed by atoms with Gasteiger partial charge in [-0.2, -0.15) is 5.26 Å². The summed E-state index contributed by atoms with van der Waals surface area (Å²) in [7, 11) is 0. The molecule has 0 aromatic carbocycles. The predicted molar refractivity (Wildman–Crippen MR) is 57.3 cm³/mol. The summed E-state index contributed by atoms with van der Waals surface area (Å²) in [6, 6.07) is 1.81. The van der Waals surface area contributed by atoms with E-state index in [2.05, 4.69) is 11.4 Å². The molecule has 5 nitrogen and oxygen atoms in total. The van der Waals surface area contributed by atoms with Gasteiger partial charge in [-0.15, -0.1) is 0 Å². The van der Waals surface area contributed by atoms with Gasteiger partial charge in [-0.3, -0.25) is 0 Å². The number of urea groups is 1. The van der Waals surface area contributed by atoms with E-state index >= 15 is 0 Å². The zero-order chi connectivity index (χ0) is 11.3. The Morgan fingerprint density at radius 1 is 1.60 bits per heavy atom. The van der Waals surface area contributed by atoms with E-state index in [1.165, 1.54) is 0 Å². The van der Waals surface area contributed by atoms with Crippen molar-refractivity contribution >= 4 is 6.03 Å². The largest absolute Gasteiger partial charge is 0.325 e. The van der Waals surface area contributed by atoms with Gasteiger partial charge in [0, 0.05) is 32.7 Å². The van der Waals surface area contributed by atoms with Crippen molar-refractivity contribution in [3.63, 3.8) is 0 Å². The Bertz CT molecular complexity index is 257. The molecule has 0 bridgehead atoms. The molecule has 1 rings (SSSR count). The summed E-state index contributed by atoms with van der Waals surface area (Å²) in [5.74, 6) is 0. The lowest BCUT2D eigenvalue weighted by Gasteiger charge is -2.35. The van der Waals surface area contributed by atoms with Crippen molar-refractivity contribution in [3.05, 3.63) is 0 Å². The molecule has 2 amide bonds. The standard InChI is InChI=1S/C10H18N4O/c1-3-13(4-2)10(15)14-6-5-12-8-9(14)7-11/h9,12H,3-6,8H2,1-2H3.